The van der Waals surface area contributed by atoms with E-state index >= 15 is 0 Å². The van der Waals surface area contributed by atoms with Crippen LogP contribution in [0.25, 0.3) is 21.9 Å². The second-order valence-electron chi connectivity index (χ2n) is 9.41. The van der Waals surface area contributed by atoms with Crippen LogP contribution in [0.15, 0.2) is 72.8 Å². The van der Waals surface area contributed by atoms with Crippen molar-refractivity contribution in [2.24, 2.45) is 0 Å². The molecule has 4 aromatic carbocycles. The number of hydrogen-bond acceptors (Lipinski definition) is 4. The molecule has 1 saturated heterocycles. The smallest absolute Gasteiger partial charge is 0.150 e. The standard InChI is InChI=1S/C30H29FN2O2.2ClH/c1-2-33(28-5-3-4-16-32-28)22-10-6-19(7-11-22)30-29-24-15-12-23(34)17-20(24)8-13-26(29)25-14-9-21(31)18-27(25)35-30;;/h6-15,17-18,28,30,32,34H,2-5,16H2,1H3;2*1H. The minimum absolute atomic E-state index is 0. The second kappa shape index (κ2) is 11.2. The Balaban J connectivity index is 0.00000160. The van der Waals surface area contributed by atoms with E-state index in [1.165, 1.54) is 30.7 Å². The molecule has 2 aliphatic rings. The van der Waals surface area contributed by atoms with Crippen molar-refractivity contribution in [3.05, 3.63) is 89.7 Å². The molecule has 2 atom stereocenters. The molecule has 0 aromatic heterocycles. The average molecular weight is 541 g/mol. The minimum Gasteiger partial charge on any atom is -0.508 e. The number of anilines is 1. The molecule has 0 radical (unpaired) electrons. The van der Waals surface area contributed by atoms with Crippen LogP contribution in [0.2, 0.25) is 0 Å². The molecule has 0 spiro atoms. The van der Waals surface area contributed by atoms with Gasteiger partial charge in [0, 0.05) is 29.4 Å². The van der Waals surface area contributed by atoms with E-state index in [1.807, 2.05) is 18.2 Å². The van der Waals surface area contributed by atoms with Gasteiger partial charge in [-0.3, -0.25) is 5.32 Å². The number of rotatable bonds is 4. The van der Waals surface area contributed by atoms with Crippen LogP contribution < -0.4 is 15.0 Å². The highest BCUT2D eigenvalue weighted by molar-refractivity contribution is 5.95. The third kappa shape index (κ3) is 4.96. The third-order valence-corrected chi connectivity index (χ3v) is 7.31. The van der Waals surface area contributed by atoms with Crippen LogP contribution in [0.5, 0.6) is 11.5 Å². The van der Waals surface area contributed by atoms with Crippen molar-refractivity contribution in [1.29, 1.82) is 0 Å². The molecule has 0 aliphatic carbocycles. The molecule has 2 N–H and O–H groups in total. The van der Waals surface area contributed by atoms with Gasteiger partial charge in [0.25, 0.3) is 0 Å². The van der Waals surface area contributed by atoms with E-state index in [0.717, 1.165) is 52.5 Å². The van der Waals surface area contributed by atoms with Gasteiger partial charge in [-0.05, 0) is 91.0 Å². The summed E-state index contributed by atoms with van der Waals surface area (Å²) in [5.41, 5.74) is 5.14. The molecule has 2 unspecified atom stereocenters. The number of piperidine rings is 1. The number of benzene rings is 4. The lowest BCUT2D eigenvalue weighted by Crippen LogP contribution is -2.48. The van der Waals surface area contributed by atoms with Gasteiger partial charge in [-0.25, -0.2) is 4.39 Å². The largest absolute Gasteiger partial charge is 0.508 e. The molecule has 7 heteroatoms. The Labute approximate surface area is 229 Å². The Hall–Kier alpha value is -2.99. The van der Waals surface area contributed by atoms with Crippen LogP contribution >= 0.6 is 24.8 Å². The Morgan fingerprint density at radius 2 is 1.73 bits per heavy atom. The first-order valence-electron chi connectivity index (χ1n) is 12.4. The van der Waals surface area contributed by atoms with Gasteiger partial charge in [0.2, 0.25) is 0 Å². The molecule has 1 fully saturated rings. The third-order valence-electron chi connectivity index (χ3n) is 7.31. The van der Waals surface area contributed by atoms with Gasteiger partial charge >= 0.3 is 0 Å². The topological polar surface area (TPSA) is 44.7 Å². The summed E-state index contributed by atoms with van der Waals surface area (Å²) in [6.45, 7) is 4.18. The van der Waals surface area contributed by atoms with E-state index in [4.69, 9.17) is 4.74 Å². The maximum Gasteiger partial charge on any atom is 0.150 e. The number of hydrogen-bond donors (Lipinski definition) is 2. The van der Waals surface area contributed by atoms with Crippen molar-refractivity contribution in [3.8, 4) is 22.6 Å². The van der Waals surface area contributed by atoms with Crippen molar-refractivity contribution >= 4 is 41.3 Å². The zero-order valence-electron chi connectivity index (χ0n) is 20.6. The minimum atomic E-state index is -0.385. The van der Waals surface area contributed by atoms with Gasteiger partial charge in [-0.2, -0.15) is 0 Å². The highest BCUT2D eigenvalue weighted by Gasteiger charge is 2.30. The van der Waals surface area contributed by atoms with Crippen molar-refractivity contribution < 1.29 is 14.2 Å². The lowest BCUT2D eigenvalue weighted by molar-refractivity contribution is 0.244. The van der Waals surface area contributed by atoms with Crippen LogP contribution in [-0.4, -0.2) is 24.4 Å². The SMILES string of the molecule is CCN(c1ccc(C2Oc3cc(F)ccc3-c3ccc4cc(O)ccc4c32)cc1)C1CCCCN1.Cl.Cl. The highest BCUT2D eigenvalue weighted by Crippen LogP contribution is 2.48. The van der Waals surface area contributed by atoms with Crippen LogP contribution in [0.3, 0.4) is 0 Å². The fourth-order valence-corrected chi connectivity index (χ4v) is 5.62. The van der Waals surface area contributed by atoms with Gasteiger partial charge in [0.1, 0.15) is 17.3 Å². The molecule has 4 aromatic rings. The van der Waals surface area contributed by atoms with E-state index in [0.29, 0.717) is 11.9 Å². The fraction of sp³-hybridized carbons (Fsp3) is 0.267. The summed E-state index contributed by atoms with van der Waals surface area (Å²) in [6.07, 6.45) is 3.61. The van der Waals surface area contributed by atoms with Gasteiger partial charge in [-0.15, -0.1) is 24.8 Å². The molecule has 0 bridgehead atoms. The molecule has 2 aliphatic heterocycles. The van der Waals surface area contributed by atoms with Crippen LogP contribution in [0, 0.1) is 5.82 Å². The van der Waals surface area contributed by atoms with Gasteiger partial charge < -0.3 is 14.7 Å². The van der Waals surface area contributed by atoms with Crippen molar-refractivity contribution in [2.45, 2.75) is 38.5 Å². The quantitative estimate of drug-likeness (QED) is 0.279. The molecule has 0 saturated carbocycles. The molecular weight excluding hydrogens is 510 g/mol. The van der Waals surface area contributed by atoms with Crippen LogP contribution in [-0.2, 0) is 0 Å². The summed E-state index contributed by atoms with van der Waals surface area (Å²) in [5, 5.41) is 15.6. The predicted molar refractivity (Wildman–Crippen MR) is 153 cm³/mol. The molecule has 6 rings (SSSR count). The number of nitrogens with one attached hydrogen (secondary N) is 1. The van der Waals surface area contributed by atoms with Gasteiger partial charge in [0.15, 0.2) is 6.10 Å². The van der Waals surface area contributed by atoms with Crippen LogP contribution in [0.1, 0.15) is 43.4 Å². The van der Waals surface area contributed by atoms with Crippen molar-refractivity contribution in [3.63, 3.8) is 0 Å². The summed E-state index contributed by atoms with van der Waals surface area (Å²) in [5.74, 6) is 0.463. The number of fused-ring (bicyclic) bond motifs is 5. The van der Waals surface area contributed by atoms with Gasteiger partial charge in [0.05, 0.1) is 6.17 Å². The van der Waals surface area contributed by atoms with E-state index < -0.39 is 0 Å². The molecule has 2 heterocycles. The van der Waals surface area contributed by atoms with Crippen molar-refractivity contribution in [1.82, 2.24) is 5.32 Å². The fourth-order valence-electron chi connectivity index (χ4n) is 5.62. The van der Waals surface area contributed by atoms with E-state index in [9.17, 15) is 9.50 Å². The summed E-state index contributed by atoms with van der Waals surface area (Å²) in [4.78, 5) is 2.42. The molecule has 0 amide bonds. The first kappa shape index (κ1) is 27.1. The number of halogens is 3. The summed E-state index contributed by atoms with van der Waals surface area (Å²) < 4.78 is 20.6. The number of phenolic OH excluding ortho intramolecular Hbond substituents is 1. The maximum absolute atomic E-state index is 14.1. The second-order valence-corrected chi connectivity index (χ2v) is 9.41. The number of nitrogens with zero attached hydrogens (tertiary/aromatic N) is 1. The normalized spacial score (nSPS) is 18.0. The Morgan fingerprint density at radius 3 is 2.46 bits per heavy atom. The summed E-state index contributed by atoms with van der Waals surface area (Å²) in [6, 6.07) is 22.8. The van der Waals surface area contributed by atoms with E-state index in [2.05, 4.69) is 41.4 Å². The first-order valence-corrected chi connectivity index (χ1v) is 12.4. The Bertz CT molecular complexity index is 1390. The Morgan fingerprint density at radius 1 is 0.946 bits per heavy atom. The first-order chi connectivity index (χ1) is 17.1. The maximum atomic E-state index is 14.1. The number of ether oxygens (including phenoxy) is 1. The lowest BCUT2D eigenvalue weighted by atomic mass is 9.86. The highest BCUT2D eigenvalue weighted by atomic mass is 35.5. The predicted octanol–water partition coefficient (Wildman–Crippen LogP) is 7.60. The molecular formula is C30H31Cl2FN2O2. The summed E-state index contributed by atoms with van der Waals surface area (Å²) in [7, 11) is 0. The van der Waals surface area contributed by atoms with E-state index in [1.54, 1.807) is 18.2 Å². The Kier molecular flexibility index (Phi) is 8.17. The number of aromatic hydroxyl groups is 1. The average Bonchev–Trinajstić information content (AvgIpc) is 2.89. The van der Waals surface area contributed by atoms with Crippen LogP contribution in [0.4, 0.5) is 10.1 Å². The lowest BCUT2D eigenvalue weighted by Gasteiger charge is -2.36. The zero-order chi connectivity index (χ0) is 23.9. The molecule has 194 valence electrons. The van der Waals surface area contributed by atoms with Gasteiger partial charge in [-0.1, -0.05) is 30.3 Å². The molecule has 4 nitrogen and oxygen atoms in total. The zero-order valence-corrected chi connectivity index (χ0v) is 22.2. The van der Waals surface area contributed by atoms with E-state index in [-0.39, 0.29) is 42.5 Å². The van der Waals surface area contributed by atoms with Crippen molar-refractivity contribution in [2.75, 3.05) is 18.0 Å². The monoisotopic (exact) mass is 540 g/mol. The number of phenols is 1. The molecule has 37 heavy (non-hydrogen) atoms. The summed E-state index contributed by atoms with van der Waals surface area (Å²) >= 11 is 0.